The van der Waals surface area contributed by atoms with Crippen LogP contribution in [0.2, 0.25) is 0 Å². The molecule has 5 nitrogen and oxygen atoms in total. The molecule has 1 rings (SSSR count). The van der Waals surface area contributed by atoms with Gasteiger partial charge < -0.3 is 5.32 Å². The molecule has 1 fully saturated rings. The van der Waals surface area contributed by atoms with Crippen LogP contribution >= 0.6 is 0 Å². The molecule has 0 unspecified atom stereocenters. The molecule has 0 saturated carbocycles. The maximum atomic E-state index is 12.4. The van der Waals surface area contributed by atoms with Crippen LogP contribution in [0.15, 0.2) is 0 Å². The molecule has 0 aromatic rings. The van der Waals surface area contributed by atoms with E-state index >= 15 is 0 Å². The molecule has 0 aromatic carbocycles. The molecule has 1 heterocycles. The van der Waals surface area contributed by atoms with E-state index in [1.165, 1.54) is 0 Å². The highest BCUT2D eigenvalue weighted by Gasteiger charge is 2.32. The highest BCUT2D eigenvalue weighted by atomic mass is 32.2. The second kappa shape index (κ2) is 7.73. The topological polar surface area (TPSA) is 61.4 Å². The van der Waals surface area contributed by atoms with Crippen LogP contribution in [0.5, 0.6) is 0 Å². The SMILES string of the molecule is CCNCC1CCN(S(=O)(=O)NC(C)(CC)CC)CC1. The molecule has 0 aliphatic carbocycles. The molecule has 20 heavy (non-hydrogen) atoms. The van der Waals surface area contributed by atoms with Crippen molar-refractivity contribution in [2.75, 3.05) is 26.2 Å². The molecule has 6 heteroatoms. The largest absolute Gasteiger partial charge is 0.317 e. The summed E-state index contributed by atoms with van der Waals surface area (Å²) in [6.45, 7) is 11.4. The summed E-state index contributed by atoms with van der Waals surface area (Å²) < 4.78 is 29.4. The van der Waals surface area contributed by atoms with Gasteiger partial charge in [-0.1, -0.05) is 20.8 Å². The first-order chi connectivity index (χ1) is 9.37. The third-order valence-electron chi connectivity index (χ3n) is 4.53. The summed E-state index contributed by atoms with van der Waals surface area (Å²) in [5.74, 6) is 0.602. The van der Waals surface area contributed by atoms with Crippen LogP contribution in [0.25, 0.3) is 0 Å². The van der Waals surface area contributed by atoms with Crippen LogP contribution in [0.4, 0.5) is 0 Å². The van der Waals surface area contributed by atoms with Crippen LogP contribution in [-0.4, -0.2) is 44.4 Å². The van der Waals surface area contributed by atoms with Gasteiger partial charge >= 0.3 is 0 Å². The van der Waals surface area contributed by atoms with E-state index in [0.717, 1.165) is 38.8 Å². The van der Waals surface area contributed by atoms with E-state index in [4.69, 9.17) is 0 Å². The van der Waals surface area contributed by atoms with Gasteiger partial charge in [-0.15, -0.1) is 0 Å². The Morgan fingerprint density at radius 3 is 2.15 bits per heavy atom. The van der Waals surface area contributed by atoms with Crippen molar-refractivity contribution in [2.24, 2.45) is 5.92 Å². The second-order valence-electron chi connectivity index (χ2n) is 6.02. The van der Waals surface area contributed by atoms with E-state index in [9.17, 15) is 8.42 Å². The molecular formula is C14H31N3O2S. The summed E-state index contributed by atoms with van der Waals surface area (Å²) in [6.07, 6.45) is 3.50. The van der Waals surface area contributed by atoms with Crippen molar-refractivity contribution in [1.82, 2.24) is 14.3 Å². The van der Waals surface area contributed by atoms with Gasteiger partial charge in [0.25, 0.3) is 10.2 Å². The lowest BCUT2D eigenvalue weighted by atomic mass is 9.98. The fraction of sp³-hybridized carbons (Fsp3) is 1.00. The molecule has 0 radical (unpaired) electrons. The normalized spacial score (nSPS) is 19.4. The standard InChI is InChI=1S/C14H31N3O2S/c1-5-14(4,6-2)16-20(18,19)17-10-8-13(9-11-17)12-15-7-3/h13,15-16H,5-12H2,1-4H3. The molecule has 120 valence electrons. The number of hydrogen-bond donors (Lipinski definition) is 2. The minimum absolute atomic E-state index is 0.334. The van der Waals surface area contributed by atoms with E-state index in [-0.39, 0.29) is 5.54 Å². The monoisotopic (exact) mass is 305 g/mol. The number of nitrogens with zero attached hydrogens (tertiary/aromatic N) is 1. The summed E-state index contributed by atoms with van der Waals surface area (Å²) >= 11 is 0. The van der Waals surface area contributed by atoms with E-state index < -0.39 is 10.2 Å². The van der Waals surface area contributed by atoms with Gasteiger partial charge in [-0.05, 0) is 51.6 Å². The molecule has 1 aliphatic rings. The van der Waals surface area contributed by atoms with Crippen LogP contribution in [-0.2, 0) is 10.2 Å². The highest BCUT2D eigenvalue weighted by molar-refractivity contribution is 7.87. The van der Waals surface area contributed by atoms with E-state index in [1.807, 2.05) is 20.8 Å². The fourth-order valence-corrected chi connectivity index (χ4v) is 4.20. The maximum Gasteiger partial charge on any atom is 0.279 e. The van der Waals surface area contributed by atoms with Gasteiger partial charge in [-0.2, -0.15) is 17.4 Å². The predicted octanol–water partition coefficient (Wildman–Crippen LogP) is 1.72. The van der Waals surface area contributed by atoms with Crippen molar-refractivity contribution in [2.45, 2.75) is 58.9 Å². The Hall–Kier alpha value is -0.170. The zero-order valence-electron chi connectivity index (χ0n) is 13.4. The summed E-state index contributed by atoms with van der Waals surface area (Å²) in [5, 5.41) is 3.34. The zero-order valence-corrected chi connectivity index (χ0v) is 14.2. The Morgan fingerprint density at radius 1 is 1.15 bits per heavy atom. The number of hydrogen-bond acceptors (Lipinski definition) is 3. The number of nitrogens with one attached hydrogen (secondary N) is 2. The summed E-state index contributed by atoms with van der Waals surface area (Å²) in [4.78, 5) is 0. The first kappa shape index (κ1) is 17.9. The first-order valence-corrected chi connectivity index (χ1v) is 9.30. The molecule has 0 amide bonds. The lowest BCUT2D eigenvalue weighted by Crippen LogP contribution is -2.53. The van der Waals surface area contributed by atoms with Crippen LogP contribution in [0.3, 0.4) is 0 Å². The smallest absolute Gasteiger partial charge is 0.279 e. The van der Waals surface area contributed by atoms with Crippen molar-refractivity contribution < 1.29 is 8.42 Å². The minimum Gasteiger partial charge on any atom is -0.317 e. The molecule has 0 bridgehead atoms. The summed E-state index contributed by atoms with van der Waals surface area (Å²) in [5.41, 5.74) is -0.334. The van der Waals surface area contributed by atoms with Crippen molar-refractivity contribution >= 4 is 10.2 Å². The lowest BCUT2D eigenvalue weighted by molar-refractivity contribution is 0.259. The molecular weight excluding hydrogens is 274 g/mol. The summed E-state index contributed by atoms with van der Waals surface area (Å²) in [6, 6.07) is 0. The fourth-order valence-electron chi connectivity index (χ4n) is 2.47. The van der Waals surface area contributed by atoms with Crippen molar-refractivity contribution in [3.63, 3.8) is 0 Å². The van der Waals surface area contributed by atoms with Crippen molar-refractivity contribution in [3.05, 3.63) is 0 Å². The molecule has 0 aromatic heterocycles. The maximum absolute atomic E-state index is 12.4. The van der Waals surface area contributed by atoms with E-state index in [0.29, 0.717) is 19.0 Å². The Morgan fingerprint density at radius 2 is 1.70 bits per heavy atom. The first-order valence-electron chi connectivity index (χ1n) is 7.86. The molecule has 1 aliphatic heterocycles. The molecule has 2 N–H and O–H groups in total. The third kappa shape index (κ3) is 4.98. The van der Waals surface area contributed by atoms with Crippen molar-refractivity contribution in [1.29, 1.82) is 0 Å². The lowest BCUT2D eigenvalue weighted by Gasteiger charge is -2.35. The van der Waals surface area contributed by atoms with Gasteiger partial charge in [0.05, 0.1) is 0 Å². The second-order valence-corrected chi connectivity index (χ2v) is 7.70. The van der Waals surface area contributed by atoms with E-state index in [1.54, 1.807) is 4.31 Å². The number of rotatable bonds is 8. The van der Waals surface area contributed by atoms with Crippen LogP contribution in [0.1, 0.15) is 53.4 Å². The highest BCUT2D eigenvalue weighted by Crippen LogP contribution is 2.21. The Kier molecular flexibility index (Phi) is 6.91. The van der Waals surface area contributed by atoms with Gasteiger partial charge in [0.15, 0.2) is 0 Å². The van der Waals surface area contributed by atoms with Gasteiger partial charge in [-0.25, -0.2) is 0 Å². The third-order valence-corrected chi connectivity index (χ3v) is 6.33. The molecule has 1 saturated heterocycles. The molecule has 0 atom stereocenters. The van der Waals surface area contributed by atoms with Gasteiger partial charge in [0, 0.05) is 18.6 Å². The predicted molar refractivity (Wildman–Crippen MR) is 83.9 cm³/mol. The van der Waals surface area contributed by atoms with Crippen molar-refractivity contribution in [3.8, 4) is 0 Å². The average Bonchev–Trinajstić information content (AvgIpc) is 2.45. The Labute approximate surface area is 124 Å². The average molecular weight is 305 g/mol. The number of piperidine rings is 1. The molecule has 0 spiro atoms. The van der Waals surface area contributed by atoms with Gasteiger partial charge in [0.1, 0.15) is 0 Å². The van der Waals surface area contributed by atoms with Gasteiger partial charge in [0.2, 0.25) is 0 Å². The van der Waals surface area contributed by atoms with E-state index in [2.05, 4.69) is 17.0 Å². The Bertz CT molecular complexity index is 372. The Balaban J connectivity index is 2.54. The quantitative estimate of drug-likeness (QED) is 0.718. The van der Waals surface area contributed by atoms with Gasteiger partial charge in [-0.3, -0.25) is 0 Å². The zero-order chi connectivity index (χ0) is 15.2. The van der Waals surface area contributed by atoms with Crippen LogP contribution in [0, 0.1) is 5.92 Å². The summed E-state index contributed by atoms with van der Waals surface area (Å²) in [7, 11) is -3.35. The van der Waals surface area contributed by atoms with Crippen LogP contribution < -0.4 is 10.0 Å². The minimum atomic E-state index is -3.35.